The Morgan fingerprint density at radius 3 is 2.36 bits per heavy atom. The molecule has 3 aromatic rings. The molecular formula is C19H20N2O. The summed E-state index contributed by atoms with van der Waals surface area (Å²) in [7, 11) is 0. The van der Waals surface area contributed by atoms with E-state index in [2.05, 4.69) is 35.6 Å². The summed E-state index contributed by atoms with van der Waals surface area (Å²) in [5.74, 6) is 0.907. The predicted octanol–water partition coefficient (Wildman–Crippen LogP) is 4.39. The van der Waals surface area contributed by atoms with Crippen molar-refractivity contribution in [3.8, 4) is 16.9 Å². The lowest BCUT2D eigenvalue weighted by atomic mass is 10.1. The molecule has 0 atom stereocenters. The molecule has 2 aromatic carbocycles. The first-order valence-electron chi connectivity index (χ1n) is 7.54. The maximum Gasteiger partial charge on any atom is 0.119 e. The summed E-state index contributed by atoms with van der Waals surface area (Å²) in [6.07, 6.45) is 4.18. The quantitative estimate of drug-likeness (QED) is 0.697. The van der Waals surface area contributed by atoms with Gasteiger partial charge in [0.05, 0.1) is 18.8 Å². The van der Waals surface area contributed by atoms with E-state index < -0.39 is 0 Å². The van der Waals surface area contributed by atoms with E-state index in [1.54, 1.807) is 0 Å². The minimum absolute atomic E-state index is 0.199. The fourth-order valence-corrected chi connectivity index (χ4v) is 2.36. The molecule has 1 aromatic heterocycles. The SMILES string of the molecule is CC(C)Oc1ccc(Cn2cc(-c3ccccc3)cn2)cc1. The van der Waals surface area contributed by atoms with E-state index in [-0.39, 0.29) is 6.10 Å². The second kappa shape index (κ2) is 6.48. The summed E-state index contributed by atoms with van der Waals surface area (Å²) in [6, 6.07) is 18.5. The number of hydrogen-bond acceptors (Lipinski definition) is 2. The molecule has 0 aliphatic heterocycles. The lowest BCUT2D eigenvalue weighted by molar-refractivity contribution is 0.242. The van der Waals surface area contributed by atoms with Crippen molar-refractivity contribution in [3.05, 3.63) is 72.6 Å². The number of hydrogen-bond donors (Lipinski definition) is 0. The summed E-state index contributed by atoms with van der Waals surface area (Å²) in [4.78, 5) is 0. The summed E-state index contributed by atoms with van der Waals surface area (Å²) >= 11 is 0. The minimum atomic E-state index is 0.199. The van der Waals surface area contributed by atoms with Gasteiger partial charge in [-0.25, -0.2) is 0 Å². The topological polar surface area (TPSA) is 27.1 Å². The first kappa shape index (κ1) is 14.4. The highest BCUT2D eigenvalue weighted by molar-refractivity contribution is 5.61. The average Bonchev–Trinajstić information content (AvgIpc) is 2.98. The third-order valence-corrected chi connectivity index (χ3v) is 3.38. The zero-order chi connectivity index (χ0) is 15.4. The van der Waals surface area contributed by atoms with Gasteiger partial charge in [-0.3, -0.25) is 4.68 Å². The van der Waals surface area contributed by atoms with Gasteiger partial charge in [-0.1, -0.05) is 42.5 Å². The molecule has 0 saturated heterocycles. The molecule has 0 unspecified atom stereocenters. The van der Waals surface area contributed by atoms with Gasteiger partial charge in [-0.2, -0.15) is 5.10 Å². The van der Waals surface area contributed by atoms with Gasteiger partial charge in [0, 0.05) is 11.8 Å². The molecule has 0 fully saturated rings. The summed E-state index contributed by atoms with van der Waals surface area (Å²) in [6.45, 7) is 4.82. The van der Waals surface area contributed by atoms with Gasteiger partial charge in [-0.15, -0.1) is 0 Å². The van der Waals surface area contributed by atoms with E-state index in [9.17, 15) is 0 Å². The molecule has 0 aliphatic carbocycles. The van der Waals surface area contributed by atoms with Gasteiger partial charge >= 0.3 is 0 Å². The molecule has 0 radical (unpaired) electrons. The van der Waals surface area contributed by atoms with Gasteiger partial charge in [-0.05, 0) is 37.1 Å². The van der Waals surface area contributed by atoms with Crippen LogP contribution in [0.5, 0.6) is 5.75 Å². The largest absolute Gasteiger partial charge is 0.491 e. The minimum Gasteiger partial charge on any atom is -0.491 e. The van der Waals surface area contributed by atoms with Crippen LogP contribution >= 0.6 is 0 Å². The number of aromatic nitrogens is 2. The molecule has 0 spiro atoms. The lowest BCUT2D eigenvalue weighted by Crippen LogP contribution is -2.05. The molecule has 3 rings (SSSR count). The molecular weight excluding hydrogens is 272 g/mol. The summed E-state index contributed by atoms with van der Waals surface area (Å²) < 4.78 is 7.62. The van der Waals surface area contributed by atoms with Crippen molar-refractivity contribution in [3.63, 3.8) is 0 Å². The fourth-order valence-electron chi connectivity index (χ4n) is 2.36. The zero-order valence-corrected chi connectivity index (χ0v) is 12.9. The number of ether oxygens (including phenoxy) is 1. The molecule has 22 heavy (non-hydrogen) atoms. The van der Waals surface area contributed by atoms with Gasteiger partial charge in [0.1, 0.15) is 5.75 Å². The van der Waals surface area contributed by atoms with Crippen molar-refractivity contribution >= 4 is 0 Å². The molecule has 0 saturated carbocycles. The predicted molar refractivity (Wildman–Crippen MR) is 89.0 cm³/mol. The normalized spacial score (nSPS) is 10.9. The van der Waals surface area contributed by atoms with Gasteiger partial charge in [0.25, 0.3) is 0 Å². The highest BCUT2D eigenvalue weighted by Crippen LogP contribution is 2.19. The Balaban J connectivity index is 1.70. The number of nitrogens with zero attached hydrogens (tertiary/aromatic N) is 2. The maximum absolute atomic E-state index is 5.66. The van der Waals surface area contributed by atoms with E-state index >= 15 is 0 Å². The van der Waals surface area contributed by atoms with Crippen LogP contribution in [-0.4, -0.2) is 15.9 Å². The zero-order valence-electron chi connectivity index (χ0n) is 12.9. The maximum atomic E-state index is 5.66. The molecule has 3 nitrogen and oxygen atoms in total. The number of rotatable bonds is 5. The highest BCUT2D eigenvalue weighted by Gasteiger charge is 2.03. The van der Waals surface area contributed by atoms with Crippen LogP contribution in [-0.2, 0) is 6.54 Å². The van der Waals surface area contributed by atoms with Crippen molar-refractivity contribution in [2.45, 2.75) is 26.5 Å². The first-order valence-corrected chi connectivity index (χ1v) is 7.54. The Bertz CT molecular complexity index is 715. The summed E-state index contributed by atoms with van der Waals surface area (Å²) in [5.41, 5.74) is 3.54. The second-order valence-electron chi connectivity index (χ2n) is 5.60. The van der Waals surface area contributed by atoms with E-state index in [1.165, 1.54) is 11.1 Å². The molecule has 0 bridgehead atoms. The van der Waals surface area contributed by atoms with E-state index in [0.29, 0.717) is 0 Å². The third kappa shape index (κ3) is 3.55. The Morgan fingerprint density at radius 2 is 1.68 bits per heavy atom. The van der Waals surface area contributed by atoms with Gasteiger partial charge in [0.15, 0.2) is 0 Å². The smallest absolute Gasteiger partial charge is 0.119 e. The van der Waals surface area contributed by atoms with Crippen molar-refractivity contribution < 1.29 is 4.74 Å². The van der Waals surface area contributed by atoms with Crippen LogP contribution < -0.4 is 4.74 Å². The van der Waals surface area contributed by atoms with Crippen LogP contribution in [0.15, 0.2) is 67.0 Å². The van der Waals surface area contributed by atoms with Crippen LogP contribution in [0, 0.1) is 0 Å². The van der Waals surface area contributed by atoms with E-state index in [1.807, 2.05) is 55.1 Å². The van der Waals surface area contributed by atoms with E-state index in [0.717, 1.165) is 17.9 Å². The standard InChI is InChI=1S/C19H20N2O/c1-15(2)22-19-10-8-16(9-11-19)13-21-14-18(12-20-21)17-6-4-3-5-7-17/h3-12,14-15H,13H2,1-2H3. The van der Waals surface area contributed by atoms with Crippen molar-refractivity contribution in [2.75, 3.05) is 0 Å². The van der Waals surface area contributed by atoms with Crippen molar-refractivity contribution in [2.24, 2.45) is 0 Å². The lowest BCUT2D eigenvalue weighted by Gasteiger charge is -2.10. The Morgan fingerprint density at radius 1 is 0.955 bits per heavy atom. The average molecular weight is 292 g/mol. The van der Waals surface area contributed by atoms with Crippen LogP contribution in [0.4, 0.5) is 0 Å². The van der Waals surface area contributed by atoms with Crippen LogP contribution in [0.2, 0.25) is 0 Å². The molecule has 0 amide bonds. The summed E-state index contributed by atoms with van der Waals surface area (Å²) in [5, 5.41) is 4.44. The van der Waals surface area contributed by atoms with Crippen molar-refractivity contribution in [1.82, 2.24) is 9.78 Å². The highest BCUT2D eigenvalue weighted by atomic mass is 16.5. The molecule has 0 N–H and O–H groups in total. The monoisotopic (exact) mass is 292 g/mol. The molecule has 1 heterocycles. The van der Waals surface area contributed by atoms with Crippen LogP contribution in [0.1, 0.15) is 19.4 Å². The second-order valence-corrected chi connectivity index (χ2v) is 5.60. The molecule has 0 aliphatic rings. The number of benzene rings is 2. The molecule has 3 heteroatoms. The Kier molecular flexibility index (Phi) is 4.24. The Hall–Kier alpha value is -2.55. The van der Waals surface area contributed by atoms with Gasteiger partial charge in [0.2, 0.25) is 0 Å². The van der Waals surface area contributed by atoms with Crippen molar-refractivity contribution in [1.29, 1.82) is 0 Å². The van der Waals surface area contributed by atoms with E-state index in [4.69, 9.17) is 4.74 Å². The van der Waals surface area contributed by atoms with Gasteiger partial charge < -0.3 is 4.74 Å². The van der Waals surface area contributed by atoms with Crippen LogP contribution in [0.25, 0.3) is 11.1 Å². The third-order valence-electron chi connectivity index (χ3n) is 3.38. The Labute approximate surface area is 131 Å². The fraction of sp³-hybridized carbons (Fsp3) is 0.211. The van der Waals surface area contributed by atoms with Crippen LogP contribution in [0.3, 0.4) is 0 Å². The first-order chi connectivity index (χ1) is 10.7. The molecule has 112 valence electrons.